The first-order chi connectivity index (χ1) is 12.1. The Morgan fingerprint density at radius 3 is 2.88 bits per heavy atom. The minimum absolute atomic E-state index is 0.0270. The van der Waals surface area contributed by atoms with Crippen molar-refractivity contribution in [3.8, 4) is 5.75 Å². The number of alkyl halides is 1. The zero-order valence-electron chi connectivity index (χ0n) is 14.5. The first-order valence-corrected chi connectivity index (χ1v) is 8.47. The van der Waals surface area contributed by atoms with Crippen molar-refractivity contribution >= 4 is 5.91 Å². The Morgan fingerprint density at radius 2 is 2.20 bits per heavy atom. The van der Waals surface area contributed by atoms with Crippen LogP contribution in [-0.4, -0.2) is 52.9 Å². The molecule has 134 valence electrons. The summed E-state index contributed by atoms with van der Waals surface area (Å²) >= 11 is 0. The Kier molecular flexibility index (Phi) is 5.31. The fraction of sp³-hybridized carbons (Fsp3) is 0.500. The van der Waals surface area contributed by atoms with Gasteiger partial charge in [-0.1, -0.05) is 18.2 Å². The molecule has 7 heteroatoms. The molecule has 1 aromatic carbocycles. The summed E-state index contributed by atoms with van der Waals surface area (Å²) in [7, 11) is 1.62. The van der Waals surface area contributed by atoms with E-state index in [1.807, 2.05) is 31.2 Å². The number of nitrogens with zero attached hydrogens (tertiary/aromatic N) is 3. The Hall–Kier alpha value is -2.44. The maximum atomic E-state index is 13.4. The predicted molar refractivity (Wildman–Crippen MR) is 91.2 cm³/mol. The molecule has 1 aliphatic heterocycles. The SMILES string of the molecule is COc1ccccc1CCC(=O)N1CC(CF)C(c2n[nH]c(C)n2)C1. The fourth-order valence-corrected chi connectivity index (χ4v) is 3.36. The summed E-state index contributed by atoms with van der Waals surface area (Å²) in [6.07, 6.45) is 0.975. The molecule has 1 N–H and O–H groups in total. The number of carbonyl (C=O) groups excluding carboxylic acids is 1. The smallest absolute Gasteiger partial charge is 0.222 e. The lowest BCUT2D eigenvalue weighted by atomic mass is 9.97. The van der Waals surface area contributed by atoms with Gasteiger partial charge in [-0.15, -0.1) is 0 Å². The summed E-state index contributed by atoms with van der Waals surface area (Å²) in [6, 6.07) is 7.68. The van der Waals surface area contributed by atoms with Crippen LogP contribution in [-0.2, 0) is 11.2 Å². The second-order valence-electron chi connectivity index (χ2n) is 6.41. The Balaban J connectivity index is 1.63. The minimum atomic E-state index is -0.478. The number of ether oxygens (including phenoxy) is 1. The number of amides is 1. The molecule has 0 bridgehead atoms. The average Bonchev–Trinajstić information content (AvgIpc) is 3.25. The van der Waals surface area contributed by atoms with Gasteiger partial charge in [0.1, 0.15) is 11.6 Å². The third kappa shape index (κ3) is 3.81. The summed E-state index contributed by atoms with van der Waals surface area (Å²) in [6.45, 7) is 2.22. The van der Waals surface area contributed by atoms with Crippen LogP contribution < -0.4 is 4.74 Å². The molecule has 2 heterocycles. The van der Waals surface area contributed by atoms with Gasteiger partial charge in [0.15, 0.2) is 5.82 Å². The Labute approximate surface area is 146 Å². The number of nitrogens with one attached hydrogen (secondary N) is 1. The van der Waals surface area contributed by atoms with Crippen LogP contribution in [0.2, 0.25) is 0 Å². The van der Waals surface area contributed by atoms with Gasteiger partial charge >= 0.3 is 0 Å². The highest BCUT2D eigenvalue weighted by atomic mass is 19.1. The van der Waals surface area contributed by atoms with E-state index in [2.05, 4.69) is 15.2 Å². The number of carbonyl (C=O) groups is 1. The van der Waals surface area contributed by atoms with Gasteiger partial charge in [-0.2, -0.15) is 5.10 Å². The quantitative estimate of drug-likeness (QED) is 0.871. The molecule has 1 fully saturated rings. The summed E-state index contributed by atoms with van der Waals surface area (Å²) in [5, 5.41) is 6.94. The molecule has 1 saturated heterocycles. The van der Waals surface area contributed by atoms with E-state index in [4.69, 9.17) is 4.74 Å². The number of hydrogen-bond donors (Lipinski definition) is 1. The molecule has 1 aromatic heterocycles. The monoisotopic (exact) mass is 346 g/mol. The Morgan fingerprint density at radius 1 is 1.40 bits per heavy atom. The molecule has 1 aliphatic rings. The van der Waals surface area contributed by atoms with E-state index in [1.54, 1.807) is 12.0 Å². The van der Waals surface area contributed by atoms with E-state index in [1.165, 1.54) is 0 Å². The lowest BCUT2D eigenvalue weighted by Gasteiger charge is -2.16. The molecule has 2 aromatic rings. The largest absolute Gasteiger partial charge is 0.496 e. The van der Waals surface area contributed by atoms with Crippen molar-refractivity contribution in [3.05, 3.63) is 41.5 Å². The normalized spacial score (nSPS) is 20.0. The molecule has 6 nitrogen and oxygen atoms in total. The van der Waals surface area contributed by atoms with Crippen LogP contribution in [0.4, 0.5) is 4.39 Å². The molecule has 0 radical (unpaired) electrons. The van der Waals surface area contributed by atoms with Gasteiger partial charge in [-0.3, -0.25) is 14.3 Å². The number of rotatable bonds is 6. The maximum Gasteiger partial charge on any atom is 0.222 e. The number of benzene rings is 1. The van der Waals surface area contributed by atoms with Crippen LogP contribution in [0.5, 0.6) is 5.75 Å². The number of para-hydroxylation sites is 1. The van der Waals surface area contributed by atoms with Crippen LogP contribution in [0.1, 0.15) is 29.6 Å². The molecule has 0 spiro atoms. The van der Waals surface area contributed by atoms with Gasteiger partial charge in [0.2, 0.25) is 5.91 Å². The molecule has 3 rings (SSSR count). The van der Waals surface area contributed by atoms with Crippen LogP contribution in [0.25, 0.3) is 0 Å². The molecular weight excluding hydrogens is 323 g/mol. The first-order valence-electron chi connectivity index (χ1n) is 8.47. The van der Waals surface area contributed by atoms with Gasteiger partial charge in [0.05, 0.1) is 13.8 Å². The zero-order valence-corrected chi connectivity index (χ0v) is 14.5. The summed E-state index contributed by atoms with van der Waals surface area (Å²) in [4.78, 5) is 18.6. The molecular formula is C18H23FN4O2. The maximum absolute atomic E-state index is 13.4. The fourth-order valence-electron chi connectivity index (χ4n) is 3.36. The number of aryl methyl sites for hydroxylation is 2. The molecule has 0 saturated carbocycles. The zero-order chi connectivity index (χ0) is 17.8. The third-order valence-electron chi connectivity index (χ3n) is 4.74. The lowest BCUT2D eigenvalue weighted by molar-refractivity contribution is -0.130. The van der Waals surface area contributed by atoms with Gasteiger partial charge in [0, 0.05) is 31.3 Å². The van der Waals surface area contributed by atoms with Crippen molar-refractivity contribution in [1.29, 1.82) is 0 Å². The van der Waals surface area contributed by atoms with Crippen molar-refractivity contribution in [2.45, 2.75) is 25.7 Å². The van der Waals surface area contributed by atoms with Crippen LogP contribution >= 0.6 is 0 Å². The standard InChI is InChI=1S/C18H23FN4O2/c1-12-20-18(22-21-12)15-11-23(10-14(15)9-19)17(24)8-7-13-5-3-4-6-16(13)25-2/h3-6,14-15H,7-11H2,1-2H3,(H,20,21,22). The number of aromatic amines is 1. The highest BCUT2D eigenvalue weighted by Gasteiger charge is 2.38. The van der Waals surface area contributed by atoms with E-state index in [9.17, 15) is 9.18 Å². The highest BCUT2D eigenvalue weighted by Crippen LogP contribution is 2.31. The second-order valence-corrected chi connectivity index (χ2v) is 6.41. The van der Waals surface area contributed by atoms with Crippen molar-refractivity contribution in [2.24, 2.45) is 5.92 Å². The molecule has 25 heavy (non-hydrogen) atoms. The highest BCUT2D eigenvalue weighted by molar-refractivity contribution is 5.77. The predicted octanol–water partition coefficient (Wildman–Crippen LogP) is 2.27. The number of H-pyrrole nitrogens is 1. The Bertz CT molecular complexity index is 733. The van der Waals surface area contributed by atoms with Crippen molar-refractivity contribution in [3.63, 3.8) is 0 Å². The van der Waals surface area contributed by atoms with E-state index < -0.39 is 6.67 Å². The summed E-state index contributed by atoms with van der Waals surface area (Å²) < 4.78 is 18.7. The van der Waals surface area contributed by atoms with E-state index in [0.717, 1.165) is 11.3 Å². The van der Waals surface area contributed by atoms with Crippen molar-refractivity contribution < 1.29 is 13.9 Å². The van der Waals surface area contributed by atoms with Crippen LogP contribution in [0.3, 0.4) is 0 Å². The number of likely N-dealkylation sites (tertiary alicyclic amines) is 1. The molecule has 0 aliphatic carbocycles. The van der Waals surface area contributed by atoms with E-state index in [0.29, 0.717) is 37.6 Å². The number of halogens is 1. The summed E-state index contributed by atoms with van der Waals surface area (Å²) in [5.74, 6) is 1.72. The van der Waals surface area contributed by atoms with Gasteiger partial charge in [-0.25, -0.2) is 4.98 Å². The molecule has 2 unspecified atom stereocenters. The molecule has 1 amide bonds. The topological polar surface area (TPSA) is 71.1 Å². The van der Waals surface area contributed by atoms with E-state index in [-0.39, 0.29) is 17.7 Å². The van der Waals surface area contributed by atoms with E-state index >= 15 is 0 Å². The lowest BCUT2D eigenvalue weighted by Crippen LogP contribution is -2.29. The van der Waals surface area contributed by atoms with Crippen LogP contribution in [0.15, 0.2) is 24.3 Å². The van der Waals surface area contributed by atoms with Crippen LogP contribution in [0, 0.1) is 12.8 Å². The van der Waals surface area contributed by atoms with Gasteiger partial charge in [-0.05, 0) is 25.0 Å². The minimum Gasteiger partial charge on any atom is -0.496 e. The number of methoxy groups -OCH3 is 1. The molecule has 2 atom stereocenters. The number of aromatic nitrogens is 3. The average molecular weight is 346 g/mol. The first kappa shape index (κ1) is 17.4. The summed E-state index contributed by atoms with van der Waals surface area (Å²) in [5.41, 5.74) is 1.00. The van der Waals surface area contributed by atoms with Gasteiger partial charge < -0.3 is 9.64 Å². The van der Waals surface area contributed by atoms with Crippen molar-refractivity contribution in [2.75, 3.05) is 26.9 Å². The van der Waals surface area contributed by atoms with Crippen molar-refractivity contribution in [1.82, 2.24) is 20.1 Å². The third-order valence-corrected chi connectivity index (χ3v) is 4.74. The number of hydrogen-bond acceptors (Lipinski definition) is 4. The van der Waals surface area contributed by atoms with Gasteiger partial charge in [0.25, 0.3) is 0 Å². The second kappa shape index (κ2) is 7.63.